The molecule has 2 amide bonds. The average Bonchev–Trinajstić information content (AvgIpc) is 3.07. The highest BCUT2D eigenvalue weighted by Gasteiger charge is 2.34. The topological polar surface area (TPSA) is 84.7 Å². The van der Waals surface area contributed by atoms with Crippen molar-refractivity contribution in [2.45, 2.75) is 32.6 Å². The van der Waals surface area contributed by atoms with E-state index in [4.69, 9.17) is 4.42 Å². The second kappa shape index (κ2) is 8.11. The number of halogens is 3. The van der Waals surface area contributed by atoms with Gasteiger partial charge in [0.1, 0.15) is 6.26 Å². The van der Waals surface area contributed by atoms with Gasteiger partial charge < -0.3 is 19.4 Å². The van der Waals surface area contributed by atoms with Crippen LogP contribution in [-0.4, -0.2) is 35.0 Å². The van der Waals surface area contributed by atoms with E-state index >= 15 is 0 Å². The first kappa shape index (κ1) is 20.3. The molecule has 10 heteroatoms. The number of ether oxygens (including phenoxy) is 1. The minimum Gasteiger partial charge on any atom is -0.464 e. The number of anilines is 1. The number of oxazole rings is 1. The van der Waals surface area contributed by atoms with Crippen molar-refractivity contribution >= 4 is 17.7 Å². The molecule has 2 aromatic rings. The molecular weight excluding hydrogens is 367 g/mol. The number of hydrogen-bond donors (Lipinski definition) is 1. The van der Waals surface area contributed by atoms with Crippen LogP contribution in [0.15, 0.2) is 34.9 Å². The number of carbonyl (C=O) groups excluding carboxylic acids is 2. The van der Waals surface area contributed by atoms with Crippen LogP contribution in [0.5, 0.6) is 0 Å². The maximum atomic E-state index is 13.1. The molecule has 27 heavy (non-hydrogen) atoms. The number of hydrogen-bond acceptors (Lipinski definition) is 5. The molecule has 0 unspecified atom stereocenters. The first-order chi connectivity index (χ1) is 12.6. The summed E-state index contributed by atoms with van der Waals surface area (Å²) < 4.78 is 48.9. The van der Waals surface area contributed by atoms with E-state index in [-0.39, 0.29) is 29.9 Å². The molecule has 1 N–H and O–H groups in total. The zero-order valence-electron chi connectivity index (χ0n) is 14.8. The largest absolute Gasteiger partial charge is 0.464 e. The van der Waals surface area contributed by atoms with Gasteiger partial charge in [0.15, 0.2) is 5.69 Å². The Bertz CT molecular complexity index is 818. The molecule has 0 aliphatic heterocycles. The molecule has 1 aromatic carbocycles. The van der Waals surface area contributed by atoms with Crippen molar-refractivity contribution in [2.24, 2.45) is 0 Å². The van der Waals surface area contributed by atoms with E-state index in [0.717, 1.165) is 12.3 Å². The lowest BCUT2D eigenvalue weighted by molar-refractivity contribution is -0.136. The van der Waals surface area contributed by atoms with Gasteiger partial charge in [-0.15, -0.1) is 0 Å². The number of nitrogens with one attached hydrogen (secondary N) is 1. The predicted octanol–water partition coefficient (Wildman–Crippen LogP) is 3.92. The lowest BCUT2D eigenvalue weighted by atomic mass is 10.1. The molecule has 0 aliphatic rings. The minimum atomic E-state index is -4.61. The molecule has 0 saturated carbocycles. The molecular formula is C17H18F3N3O4. The maximum Gasteiger partial charge on any atom is 0.418 e. The molecule has 0 bridgehead atoms. The number of aromatic nitrogens is 1. The normalized spacial score (nSPS) is 11.4. The summed E-state index contributed by atoms with van der Waals surface area (Å²) in [6.07, 6.45) is -3.53. The highest BCUT2D eigenvalue weighted by molar-refractivity contribution is 5.90. The van der Waals surface area contributed by atoms with Gasteiger partial charge in [-0.05, 0) is 26.0 Å². The third-order valence-electron chi connectivity index (χ3n) is 3.61. The number of para-hydroxylation sites is 1. The Balaban J connectivity index is 2.19. The van der Waals surface area contributed by atoms with Gasteiger partial charge in [-0.25, -0.2) is 14.6 Å². The first-order valence-electron chi connectivity index (χ1n) is 7.90. The van der Waals surface area contributed by atoms with Gasteiger partial charge in [-0.3, -0.25) is 0 Å². The summed E-state index contributed by atoms with van der Waals surface area (Å²) >= 11 is 0. The molecule has 0 spiro atoms. The van der Waals surface area contributed by atoms with Gasteiger partial charge in [0.05, 0.1) is 24.9 Å². The van der Waals surface area contributed by atoms with Crippen molar-refractivity contribution in [3.8, 4) is 0 Å². The van der Waals surface area contributed by atoms with E-state index in [1.165, 1.54) is 30.2 Å². The van der Waals surface area contributed by atoms with Gasteiger partial charge in [-0.2, -0.15) is 13.2 Å². The maximum absolute atomic E-state index is 13.1. The molecule has 0 aliphatic carbocycles. The van der Waals surface area contributed by atoms with Crippen LogP contribution in [0.25, 0.3) is 0 Å². The lowest BCUT2D eigenvalue weighted by Gasteiger charge is -2.26. The number of benzene rings is 1. The Morgan fingerprint density at radius 2 is 1.96 bits per heavy atom. The molecule has 1 aromatic heterocycles. The van der Waals surface area contributed by atoms with Crippen LogP contribution in [0.2, 0.25) is 0 Å². The second-order valence-electron chi connectivity index (χ2n) is 5.81. The Kier molecular flexibility index (Phi) is 6.09. The van der Waals surface area contributed by atoms with Crippen LogP contribution in [0.4, 0.5) is 23.7 Å². The van der Waals surface area contributed by atoms with Crippen molar-refractivity contribution in [3.63, 3.8) is 0 Å². The molecule has 1 heterocycles. The molecule has 2 rings (SSSR count). The van der Waals surface area contributed by atoms with Crippen molar-refractivity contribution in [1.29, 1.82) is 0 Å². The van der Waals surface area contributed by atoms with Gasteiger partial charge in [-0.1, -0.05) is 12.1 Å². The number of carbonyl (C=O) groups is 2. The van der Waals surface area contributed by atoms with Crippen LogP contribution < -0.4 is 5.32 Å². The molecule has 146 valence electrons. The number of esters is 1. The summed E-state index contributed by atoms with van der Waals surface area (Å²) in [7, 11) is 1.18. The van der Waals surface area contributed by atoms with Crippen LogP contribution in [0, 0.1) is 0 Å². The Morgan fingerprint density at radius 3 is 2.56 bits per heavy atom. The van der Waals surface area contributed by atoms with E-state index in [2.05, 4.69) is 15.0 Å². The number of nitrogens with zero attached hydrogens (tertiary/aromatic N) is 2. The number of rotatable bonds is 5. The number of methoxy groups -OCH3 is 1. The summed E-state index contributed by atoms with van der Waals surface area (Å²) in [6, 6.07) is 3.53. The SMILES string of the molecule is COC(=O)c1coc(CN(C(=O)Nc2ccccc2C(F)(F)F)C(C)C)n1. The number of alkyl halides is 3. The number of urea groups is 1. The van der Waals surface area contributed by atoms with E-state index in [1.54, 1.807) is 13.8 Å². The average molecular weight is 385 g/mol. The summed E-state index contributed by atoms with van der Waals surface area (Å²) in [4.78, 5) is 29.1. The van der Waals surface area contributed by atoms with Gasteiger partial charge in [0.25, 0.3) is 0 Å². The Labute approximate surface area is 153 Å². The number of amides is 2. The molecule has 0 radical (unpaired) electrons. The lowest BCUT2D eigenvalue weighted by Crippen LogP contribution is -2.40. The highest BCUT2D eigenvalue weighted by Crippen LogP contribution is 2.34. The fraction of sp³-hybridized carbons (Fsp3) is 0.353. The fourth-order valence-corrected chi connectivity index (χ4v) is 2.24. The third-order valence-corrected chi connectivity index (χ3v) is 3.61. The highest BCUT2D eigenvalue weighted by atomic mass is 19.4. The van der Waals surface area contributed by atoms with E-state index in [0.29, 0.717) is 0 Å². The Morgan fingerprint density at radius 1 is 1.30 bits per heavy atom. The van der Waals surface area contributed by atoms with Crippen molar-refractivity contribution < 1.29 is 31.9 Å². The zero-order valence-corrected chi connectivity index (χ0v) is 14.8. The van der Waals surface area contributed by atoms with Crippen LogP contribution in [0.1, 0.15) is 35.8 Å². The fourth-order valence-electron chi connectivity index (χ4n) is 2.24. The molecule has 7 nitrogen and oxygen atoms in total. The minimum absolute atomic E-state index is 0.0448. The third kappa shape index (κ3) is 4.99. The van der Waals surface area contributed by atoms with E-state index in [1.807, 2.05) is 0 Å². The van der Waals surface area contributed by atoms with Crippen LogP contribution in [0.3, 0.4) is 0 Å². The summed E-state index contributed by atoms with van der Waals surface area (Å²) in [5.41, 5.74) is -1.38. The van der Waals surface area contributed by atoms with Gasteiger partial charge in [0.2, 0.25) is 5.89 Å². The Hall–Kier alpha value is -3.04. The van der Waals surface area contributed by atoms with Crippen molar-refractivity contribution in [1.82, 2.24) is 9.88 Å². The zero-order chi connectivity index (χ0) is 20.2. The van der Waals surface area contributed by atoms with Crippen LogP contribution in [-0.2, 0) is 17.5 Å². The molecule has 0 fully saturated rings. The van der Waals surface area contributed by atoms with E-state index < -0.39 is 23.7 Å². The standard InChI is InChI=1S/C17H18F3N3O4/c1-10(2)23(8-14-21-13(9-27-14)15(24)26-3)16(25)22-12-7-5-4-6-11(12)17(18,19)20/h4-7,9-10H,8H2,1-3H3,(H,22,25). The van der Waals surface area contributed by atoms with E-state index in [9.17, 15) is 22.8 Å². The van der Waals surface area contributed by atoms with Crippen molar-refractivity contribution in [3.05, 3.63) is 47.7 Å². The van der Waals surface area contributed by atoms with Gasteiger partial charge in [0, 0.05) is 6.04 Å². The quantitative estimate of drug-likeness (QED) is 0.789. The molecule has 0 saturated heterocycles. The smallest absolute Gasteiger partial charge is 0.418 e. The molecule has 0 atom stereocenters. The van der Waals surface area contributed by atoms with Crippen LogP contribution >= 0.6 is 0 Å². The monoisotopic (exact) mass is 385 g/mol. The first-order valence-corrected chi connectivity index (χ1v) is 7.90. The van der Waals surface area contributed by atoms with Crippen molar-refractivity contribution in [2.75, 3.05) is 12.4 Å². The van der Waals surface area contributed by atoms with Gasteiger partial charge >= 0.3 is 18.2 Å². The summed E-state index contributed by atoms with van der Waals surface area (Å²) in [6.45, 7) is 3.22. The second-order valence-corrected chi connectivity index (χ2v) is 5.81. The summed E-state index contributed by atoms with van der Waals surface area (Å²) in [5.74, 6) is -0.659. The summed E-state index contributed by atoms with van der Waals surface area (Å²) in [5, 5.41) is 2.27. The predicted molar refractivity (Wildman–Crippen MR) is 89.0 cm³/mol.